The van der Waals surface area contributed by atoms with E-state index >= 15 is 0 Å². The molecule has 1 unspecified atom stereocenters. The number of amides is 1. The molecule has 0 radical (unpaired) electrons. The molecule has 5 rings (SSSR count). The number of rotatable bonds is 1. The van der Waals surface area contributed by atoms with Crippen molar-refractivity contribution in [3.8, 4) is 5.75 Å². The number of carbonyl (C=O) groups is 2. The lowest BCUT2D eigenvalue weighted by Gasteiger charge is -2.41. The van der Waals surface area contributed by atoms with E-state index in [-0.39, 0.29) is 17.7 Å². The lowest BCUT2D eigenvalue weighted by Crippen LogP contribution is -2.46. The van der Waals surface area contributed by atoms with E-state index in [2.05, 4.69) is 23.1 Å². The van der Waals surface area contributed by atoms with Gasteiger partial charge in [-0.2, -0.15) is 0 Å². The second-order valence-electron chi connectivity index (χ2n) is 10.9. The molecule has 3 aliphatic rings. The van der Waals surface area contributed by atoms with E-state index in [0.717, 1.165) is 73.6 Å². The van der Waals surface area contributed by atoms with Gasteiger partial charge in [0.05, 0.1) is 25.3 Å². The van der Waals surface area contributed by atoms with E-state index in [1.54, 1.807) is 11.9 Å². The Kier molecular flexibility index (Phi) is 7.98. The Morgan fingerprint density at radius 2 is 2.00 bits per heavy atom. The molecular weight excluding hydrogens is 500 g/mol. The molecule has 0 saturated heterocycles. The van der Waals surface area contributed by atoms with E-state index in [9.17, 15) is 9.59 Å². The number of likely N-dealkylation sites (N-methyl/N-ethyl adjacent to an activating group) is 1. The maximum absolute atomic E-state index is 13.0. The maximum atomic E-state index is 13.0. The van der Waals surface area contributed by atoms with Crippen molar-refractivity contribution in [2.45, 2.75) is 56.3 Å². The highest BCUT2D eigenvalue weighted by Crippen LogP contribution is 2.45. The average molecular weight is 537 g/mol. The zero-order valence-corrected chi connectivity index (χ0v) is 23.1. The number of methoxy groups -OCH3 is 1. The molecule has 2 heterocycles. The first-order valence-corrected chi connectivity index (χ1v) is 14.1. The predicted molar refractivity (Wildman–Crippen MR) is 150 cm³/mol. The van der Waals surface area contributed by atoms with Crippen LogP contribution in [0.15, 0.2) is 48.6 Å². The molecule has 2 bridgehead atoms. The SMILES string of the molecule is COC(=O)C1CC(=O)N(C)C/C=C/CCCCN2C[C@@]3(CCCc4cc(Cl)ccc43)COc3ccc1cc32. The Morgan fingerprint density at radius 1 is 1.13 bits per heavy atom. The number of ether oxygens (including phenoxy) is 2. The van der Waals surface area contributed by atoms with Crippen molar-refractivity contribution >= 4 is 29.2 Å². The van der Waals surface area contributed by atoms with Crippen molar-refractivity contribution in [3.63, 3.8) is 0 Å². The standard InChI is InChI=1S/C31H37ClN2O4/c1-33-15-6-4-3-5-7-16-34-20-31(14-8-9-23-17-24(32)11-12-26(23)31)21-38-28-13-10-22(18-27(28)34)25(19-29(33)35)30(36)37-2/h4,6,10-13,17-18,25H,3,5,7-9,14-16,19-21H2,1-2H3/b6-4+/t25?,31-/m0/s1. The minimum Gasteiger partial charge on any atom is -0.490 e. The van der Waals surface area contributed by atoms with Crippen molar-refractivity contribution < 1.29 is 19.1 Å². The number of esters is 1. The highest BCUT2D eigenvalue weighted by Gasteiger charge is 2.42. The van der Waals surface area contributed by atoms with Gasteiger partial charge in [0, 0.05) is 43.5 Å². The van der Waals surface area contributed by atoms with Crippen LogP contribution >= 0.6 is 11.6 Å². The number of anilines is 1. The first-order valence-electron chi connectivity index (χ1n) is 13.7. The molecule has 2 aliphatic heterocycles. The van der Waals surface area contributed by atoms with Crippen molar-refractivity contribution in [1.82, 2.24) is 4.90 Å². The van der Waals surface area contributed by atoms with Gasteiger partial charge in [-0.05, 0) is 79.5 Å². The number of halogens is 1. The van der Waals surface area contributed by atoms with E-state index in [1.165, 1.54) is 18.2 Å². The Morgan fingerprint density at radius 3 is 2.84 bits per heavy atom. The van der Waals surface area contributed by atoms with Gasteiger partial charge < -0.3 is 19.3 Å². The summed E-state index contributed by atoms with van der Waals surface area (Å²) >= 11 is 6.37. The summed E-state index contributed by atoms with van der Waals surface area (Å²) in [6, 6.07) is 12.2. The van der Waals surface area contributed by atoms with Crippen molar-refractivity contribution in [2.75, 3.05) is 45.3 Å². The fraction of sp³-hybridized carbons (Fsp3) is 0.484. The Hall–Kier alpha value is -2.99. The number of hydrogen-bond donors (Lipinski definition) is 0. The lowest BCUT2D eigenvalue weighted by atomic mass is 9.70. The van der Waals surface area contributed by atoms with Crippen LogP contribution in [0.5, 0.6) is 5.75 Å². The van der Waals surface area contributed by atoms with Gasteiger partial charge in [-0.1, -0.05) is 35.9 Å². The minimum atomic E-state index is -0.675. The molecule has 7 heteroatoms. The Labute approximate surface area is 230 Å². The second kappa shape index (κ2) is 11.4. The van der Waals surface area contributed by atoms with Crippen LogP contribution in [0.1, 0.15) is 61.1 Å². The molecule has 0 aromatic heterocycles. The lowest BCUT2D eigenvalue weighted by molar-refractivity contribution is -0.145. The van der Waals surface area contributed by atoms with Crippen LogP contribution in [-0.2, 0) is 26.2 Å². The average Bonchev–Trinajstić information content (AvgIpc) is 3.07. The summed E-state index contributed by atoms with van der Waals surface area (Å²) in [4.78, 5) is 30.0. The number of allylic oxidation sites excluding steroid dienone is 1. The molecule has 0 fully saturated rings. The minimum absolute atomic E-state index is 0.0642. The molecule has 2 aromatic rings. The van der Waals surface area contributed by atoms with Crippen LogP contribution in [0.3, 0.4) is 0 Å². The number of benzene rings is 2. The molecule has 38 heavy (non-hydrogen) atoms. The summed E-state index contributed by atoms with van der Waals surface area (Å²) in [7, 11) is 3.16. The van der Waals surface area contributed by atoms with Crippen LogP contribution in [0.2, 0.25) is 5.02 Å². The Balaban J connectivity index is 1.56. The van der Waals surface area contributed by atoms with Crippen molar-refractivity contribution in [1.29, 1.82) is 0 Å². The van der Waals surface area contributed by atoms with Crippen molar-refractivity contribution in [2.24, 2.45) is 0 Å². The fourth-order valence-corrected chi connectivity index (χ4v) is 6.41. The van der Waals surface area contributed by atoms with E-state index in [0.29, 0.717) is 13.2 Å². The zero-order chi connectivity index (χ0) is 26.7. The van der Waals surface area contributed by atoms with Gasteiger partial charge in [-0.25, -0.2) is 0 Å². The molecule has 1 aliphatic carbocycles. The van der Waals surface area contributed by atoms with Crippen LogP contribution in [-0.4, -0.2) is 57.2 Å². The molecule has 6 nitrogen and oxygen atoms in total. The molecule has 1 amide bonds. The van der Waals surface area contributed by atoms with Gasteiger partial charge >= 0.3 is 5.97 Å². The van der Waals surface area contributed by atoms with Gasteiger partial charge in [0.1, 0.15) is 5.75 Å². The topological polar surface area (TPSA) is 59.1 Å². The van der Waals surface area contributed by atoms with E-state index in [4.69, 9.17) is 21.1 Å². The highest BCUT2D eigenvalue weighted by atomic mass is 35.5. The molecular formula is C31H37ClN2O4. The van der Waals surface area contributed by atoms with Crippen LogP contribution in [0.4, 0.5) is 5.69 Å². The van der Waals surface area contributed by atoms with Gasteiger partial charge in [0.2, 0.25) is 5.91 Å². The van der Waals surface area contributed by atoms with E-state index in [1.807, 2.05) is 30.3 Å². The molecule has 202 valence electrons. The molecule has 2 atom stereocenters. The summed E-state index contributed by atoms with van der Waals surface area (Å²) in [6.07, 6.45) is 10.5. The zero-order valence-electron chi connectivity index (χ0n) is 22.4. The van der Waals surface area contributed by atoms with Crippen LogP contribution in [0, 0.1) is 0 Å². The molecule has 1 spiro atoms. The highest BCUT2D eigenvalue weighted by molar-refractivity contribution is 6.30. The van der Waals surface area contributed by atoms with Gasteiger partial charge in [0.25, 0.3) is 0 Å². The van der Waals surface area contributed by atoms with Gasteiger partial charge in [-0.15, -0.1) is 0 Å². The molecule has 2 aromatic carbocycles. The first kappa shape index (κ1) is 26.6. The number of nitrogens with zero attached hydrogens (tertiary/aromatic N) is 2. The van der Waals surface area contributed by atoms with Crippen LogP contribution in [0.25, 0.3) is 0 Å². The predicted octanol–water partition coefficient (Wildman–Crippen LogP) is 5.66. The number of carbonyl (C=O) groups excluding carboxylic acids is 2. The van der Waals surface area contributed by atoms with Crippen molar-refractivity contribution in [3.05, 3.63) is 70.3 Å². The molecule has 0 saturated carbocycles. The largest absolute Gasteiger partial charge is 0.490 e. The third-order valence-electron chi connectivity index (χ3n) is 8.35. The number of hydrogen-bond acceptors (Lipinski definition) is 5. The summed E-state index contributed by atoms with van der Waals surface area (Å²) < 4.78 is 11.7. The first-order chi connectivity index (χ1) is 18.4. The summed E-state index contributed by atoms with van der Waals surface area (Å²) in [6.45, 7) is 2.85. The summed E-state index contributed by atoms with van der Waals surface area (Å²) in [5, 5.41) is 0.777. The maximum Gasteiger partial charge on any atom is 0.313 e. The van der Waals surface area contributed by atoms with Gasteiger partial charge in [-0.3, -0.25) is 9.59 Å². The number of fused-ring (bicyclic) bond motifs is 3. The second-order valence-corrected chi connectivity index (χ2v) is 11.3. The Bertz CT molecular complexity index is 1230. The third-order valence-corrected chi connectivity index (χ3v) is 8.58. The quantitative estimate of drug-likeness (QED) is 0.348. The third kappa shape index (κ3) is 5.42. The van der Waals surface area contributed by atoms with E-state index < -0.39 is 11.9 Å². The van der Waals surface area contributed by atoms with Gasteiger partial charge in [0.15, 0.2) is 0 Å². The monoisotopic (exact) mass is 536 g/mol. The smallest absolute Gasteiger partial charge is 0.313 e. The fourth-order valence-electron chi connectivity index (χ4n) is 6.21. The number of aryl methyl sites for hydroxylation is 1. The summed E-state index contributed by atoms with van der Waals surface area (Å²) in [5.74, 6) is -0.337. The normalized spacial score (nSPS) is 24.9. The van der Waals surface area contributed by atoms with Crippen LogP contribution < -0.4 is 9.64 Å². The summed E-state index contributed by atoms with van der Waals surface area (Å²) in [5.41, 5.74) is 4.28. The molecule has 0 N–H and O–H groups in total.